The SMILES string of the molecule is CNC1=CC2=C/C(=C/c3sc4ccccc4[n+]3C)CCC2CC1. The Bertz CT molecular complexity index is 838. The Hall–Kier alpha value is -1.87. The summed E-state index contributed by atoms with van der Waals surface area (Å²) in [5.41, 5.74) is 5.68. The lowest BCUT2D eigenvalue weighted by Gasteiger charge is -2.28. The first kappa shape index (κ1) is 14.7. The first-order valence-corrected chi connectivity index (χ1v) is 9.24. The van der Waals surface area contributed by atoms with Crippen molar-refractivity contribution in [2.24, 2.45) is 13.0 Å². The Morgan fingerprint density at radius 2 is 2.00 bits per heavy atom. The number of nitrogens with zero attached hydrogens (tertiary/aromatic N) is 1. The van der Waals surface area contributed by atoms with Crippen molar-refractivity contribution in [3.8, 4) is 0 Å². The Balaban J connectivity index is 1.72. The molecular formula is C20H23N2S+. The Labute approximate surface area is 141 Å². The molecule has 0 amide bonds. The third-order valence-electron chi connectivity index (χ3n) is 5.11. The van der Waals surface area contributed by atoms with Crippen LogP contribution in [0.4, 0.5) is 0 Å². The number of thiazole rings is 1. The van der Waals surface area contributed by atoms with Crippen molar-refractivity contribution in [2.45, 2.75) is 25.7 Å². The van der Waals surface area contributed by atoms with Crippen LogP contribution >= 0.6 is 11.3 Å². The molecule has 0 saturated heterocycles. The van der Waals surface area contributed by atoms with Crippen LogP contribution in [-0.4, -0.2) is 7.05 Å². The zero-order valence-electron chi connectivity index (χ0n) is 13.8. The van der Waals surface area contributed by atoms with Crippen molar-refractivity contribution in [3.05, 3.63) is 58.3 Å². The van der Waals surface area contributed by atoms with Gasteiger partial charge in [0.15, 0.2) is 0 Å². The molecule has 4 rings (SSSR count). The topological polar surface area (TPSA) is 15.9 Å². The second-order valence-electron chi connectivity index (χ2n) is 6.52. The van der Waals surface area contributed by atoms with Gasteiger partial charge in [0.1, 0.15) is 11.7 Å². The monoisotopic (exact) mass is 323 g/mol. The van der Waals surface area contributed by atoms with Gasteiger partial charge in [0.05, 0.1) is 0 Å². The molecule has 2 aliphatic rings. The van der Waals surface area contributed by atoms with Gasteiger partial charge in [0.25, 0.3) is 5.01 Å². The number of para-hydroxylation sites is 1. The van der Waals surface area contributed by atoms with E-state index in [1.54, 1.807) is 0 Å². The van der Waals surface area contributed by atoms with Crippen molar-refractivity contribution in [1.82, 2.24) is 5.32 Å². The summed E-state index contributed by atoms with van der Waals surface area (Å²) in [6.07, 6.45) is 12.2. The van der Waals surface area contributed by atoms with Gasteiger partial charge in [-0.1, -0.05) is 29.5 Å². The number of hydrogen-bond acceptors (Lipinski definition) is 2. The van der Waals surface area contributed by atoms with E-state index < -0.39 is 0 Å². The minimum Gasteiger partial charge on any atom is -0.391 e. The van der Waals surface area contributed by atoms with Crippen LogP contribution in [0.15, 0.2) is 53.3 Å². The maximum absolute atomic E-state index is 3.33. The molecule has 23 heavy (non-hydrogen) atoms. The largest absolute Gasteiger partial charge is 0.391 e. The van der Waals surface area contributed by atoms with Crippen molar-refractivity contribution < 1.29 is 4.57 Å². The van der Waals surface area contributed by atoms with E-state index in [1.807, 2.05) is 18.4 Å². The van der Waals surface area contributed by atoms with Crippen LogP contribution in [0.3, 0.4) is 0 Å². The summed E-state index contributed by atoms with van der Waals surface area (Å²) in [5.74, 6) is 0.764. The third kappa shape index (κ3) is 2.74. The molecule has 2 aromatic rings. The summed E-state index contributed by atoms with van der Waals surface area (Å²) in [6, 6.07) is 8.65. The number of fused-ring (bicyclic) bond motifs is 2. The van der Waals surface area contributed by atoms with Gasteiger partial charge in [0, 0.05) is 24.9 Å². The molecule has 0 aliphatic heterocycles. The number of nitrogens with one attached hydrogen (secondary N) is 1. The van der Waals surface area contributed by atoms with Gasteiger partial charge in [-0.15, -0.1) is 0 Å². The fourth-order valence-corrected chi connectivity index (χ4v) is 4.83. The molecule has 1 unspecified atom stereocenters. The molecule has 1 atom stereocenters. The Morgan fingerprint density at radius 1 is 1.17 bits per heavy atom. The smallest absolute Gasteiger partial charge is 0.262 e. The first-order valence-electron chi connectivity index (χ1n) is 8.42. The lowest BCUT2D eigenvalue weighted by molar-refractivity contribution is -0.642. The van der Waals surface area contributed by atoms with E-state index in [0.29, 0.717) is 0 Å². The highest BCUT2D eigenvalue weighted by Gasteiger charge is 2.23. The minimum atomic E-state index is 0.764. The van der Waals surface area contributed by atoms with Crippen LogP contribution in [0.5, 0.6) is 0 Å². The lowest BCUT2D eigenvalue weighted by atomic mass is 9.78. The predicted octanol–water partition coefficient (Wildman–Crippen LogP) is 4.34. The van der Waals surface area contributed by atoms with E-state index in [-0.39, 0.29) is 0 Å². The summed E-state index contributed by atoms with van der Waals surface area (Å²) in [4.78, 5) is 0. The summed E-state index contributed by atoms with van der Waals surface area (Å²) >= 11 is 1.88. The van der Waals surface area contributed by atoms with Gasteiger partial charge in [-0.2, -0.15) is 4.57 Å². The van der Waals surface area contributed by atoms with Gasteiger partial charge >= 0.3 is 0 Å². The quantitative estimate of drug-likeness (QED) is 0.813. The minimum absolute atomic E-state index is 0.764. The maximum atomic E-state index is 3.33. The summed E-state index contributed by atoms with van der Waals surface area (Å²) < 4.78 is 3.67. The average Bonchev–Trinajstić information content (AvgIpc) is 2.90. The summed E-state index contributed by atoms with van der Waals surface area (Å²) in [6.45, 7) is 0. The van der Waals surface area contributed by atoms with Crippen LogP contribution < -0.4 is 9.88 Å². The van der Waals surface area contributed by atoms with Crippen LogP contribution in [0.1, 0.15) is 30.7 Å². The number of aromatic nitrogens is 1. The molecule has 1 N–H and O–H groups in total. The number of aryl methyl sites for hydroxylation is 1. The van der Waals surface area contributed by atoms with Crippen LogP contribution in [-0.2, 0) is 7.05 Å². The van der Waals surface area contributed by atoms with E-state index in [2.05, 4.69) is 59.4 Å². The maximum Gasteiger partial charge on any atom is 0.262 e. The second kappa shape index (κ2) is 5.97. The van der Waals surface area contributed by atoms with Gasteiger partial charge in [-0.3, -0.25) is 0 Å². The fourth-order valence-electron chi connectivity index (χ4n) is 3.70. The molecule has 2 aliphatic carbocycles. The zero-order valence-corrected chi connectivity index (χ0v) is 14.6. The van der Waals surface area contributed by atoms with Crippen molar-refractivity contribution in [3.63, 3.8) is 0 Å². The van der Waals surface area contributed by atoms with Crippen LogP contribution in [0.25, 0.3) is 16.3 Å². The Kier molecular flexibility index (Phi) is 3.82. The van der Waals surface area contributed by atoms with Gasteiger partial charge in [-0.05, 0) is 54.9 Å². The molecule has 0 saturated carbocycles. The predicted molar refractivity (Wildman–Crippen MR) is 98.2 cm³/mol. The molecule has 118 valence electrons. The summed E-state index contributed by atoms with van der Waals surface area (Å²) in [5, 5.41) is 4.67. The molecular weight excluding hydrogens is 300 g/mol. The molecule has 0 spiro atoms. The standard InChI is InChI=1S/C20H22N2S/c1-21-17-10-9-15-8-7-14(11-16(15)13-17)12-20-22(2)18-5-3-4-6-19(18)23-20/h3-6,11-13,15H,7-10H2,1-2H3/p+1. The lowest BCUT2D eigenvalue weighted by Crippen LogP contribution is -2.29. The fraction of sp³-hybridized carbons (Fsp3) is 0.350. The van der Waals surface area contributed by atoms with E-state index in [9.17, 15) is 0 Å². The molecule has 2 nitrogen and oxygen atoms in total. The van der Waals surface area contributed by atoms with Crippen LogP contribution in [0, 0.1) is 5.92 Å². The highest BCUT2D eigenvalue weighted by Crippen LogP contribution is 2.37. The molecule has 1 aromatic carbocycles. The van der Waals surface area contributed by atoms with Gasteiger partial charge < -0.3 is 5.32 Å². The van der Waals surface area contributed by atoms with E-state index >= 15 is 0 Å². The Morgan fingerprint density at radius 3 is 2.83 bits per heavy atom. The molecule has 0 fully saturated rings. The van der Waals surface area contributed by atoms with Crippen molar-refractivity contribution in [1.29, 1.82) is 0 Å². The van der Waals surface area contributed by atoms with Crippen LogP contribution in [0.2, 0.25) is 0 Å². The van der Waals surface area contributed by atoms with E-state index in [4.69, 9.17) is 0 Å². The van der Waals surface area contributed by atoms with Gasteiger partial charge in [0.2, 0.25) is 5.52 Å². The average molecular weight is 323 g/mol. The molecule has 0 bridgehead atoms. The van der Waals surface area contributed by atoms with Crippen molar-refractivity contribution in [2.75, 3.05) is 7.05 Å². The number of rotatable bonds is 2. The molecule has 1 heterocycles. The van der Waals surface area contributed by atoms with Crippen molar-refractivity contribution >= 4 is 27.6 Å². The molecule has 1 aromatic heterocycles. The third-order valence-corrected chi connectivity index (χ3v) is 6.28. The normalized spacial score (nSPS) is 22.7. The molecule has 0 radical (unpaired) electrons. The number of hydrogen-bond donors (Lipinski definition) is 1. The van der Waals surface area contributed by atoms with E-state index in [0.717, 1.165) is 5.92 Å². The number of allylic oxidation sites excluding steroid dienone is 5. The first-order chi connectivity index (χ1) is 11.2. The highest BCUT2D eigenvalue weighted by atomic mass is 32.1. The second-order valence-corrected chi connectivity index (χ2v) is 7.59. The summed E-state index contributed by atoms with van der Waals surface area (Å²) in [7, 11) is 4.20. The van der Waals surface area contributed by atoms with Gasteiger partial charge in [-0.25, -0.2) is 0 Å². The van der Waals surface area contributed by atoms with E-state index in [1.165, 1.54) is 57.8 Å². The highest BCUT2D eigenvalue weighted by molar-refractivity contribution is 7.18. The molecule has 3 heteroatoms. The number of benzene rings is 1. The zero-order chi connectivity index (χ0) is 15.8.